The minimum atomic E-state index is 1.04. The molecule has 0 aromatic heterocycles. The van der Waals surface area contributed by atoms with Gasteiger partial charge in [0.15, 0.2) is 0 Å². The molecule has 4 atom stereocenters. The van der Waals surface area contributed by atoms with Gasteiger partial charge in [0.2, 0.25) is 0 Å². The third kappa shape index (κ3) is 3.43. The Morgan fingerprint density at radius 3 is 2.53 bits per heavy atom. The lowest BCUT2D eigenvalue weighted by Crippen LogP contribution is -2.26. The lowest BCUT2D eigenvalue weighted by molar-refractivity contribution is 0.166. The Balaban J connectivity index is 1.67. The number of rotatable bonds is 8. The smallest absolute Gasteiger partial charge is 0.00808 e. The van der Waals surface area contributed by atoms with E-state index in [1.165, 1.54) is 44.3 Å². The molecule has 2 fully saturated rings. The zero-order chi connectivity index (χ0) is 12.1. The van der Waals surface area contributed by atoms with Gasteiger partial charge in [0.25, 0.3) is 0 Å². The zero-order valence-corrected chi connectivity index (χ0v) is 12.6. The summed E-state index contributed by atoms with van der Waals surface area (Å²) in [5.41, 5.74) is 0. The third-order valence-corrected chi connectivity index (χ3v) is 6.49. The monoisotopic (exact) mass is 254 g/mol. The van der Waals surface area contributed by atoms with Crippen molar-refractivity contribution in [2.24, 2.45) is 17.8 Å². The topological polar surface area (TPSA) is 0 Å². The molecule has 0 aromatic carbocycles. The molecule has 1 heteroatoms. The zero-order valence-electron chi connectivity index (χ0n) is 11.8. The summed E-state index contributed by atoms with van der Waals surface area (Å²) in [5.74, 6) is 4.81. The first-order valence-corrected chi connectivity index (χ1v) is 9.03. The Morgan fingerprint density at radius 1 is 1.00 bits per heavy atom. The normalized spacial score (nSPS) is 35.6. The van der Waals surface area contributed by atoms with Gasteiger partial charge in [-0.1, -0.05) is 39.5 Å². The van der Waals surface area contributed by atoms with Crippen molar-refractivity contribution in [1.29, 1.82) is 0 Å². The second-order valence-corrected chi connectivity index (χ2v) is 7.51. The molecule has 4 unspecified atom stereocenters. The van der Waals surface area contributed by atoms with Crippen molar-refractivity contribution in [1.82, 2.24) is 0 Å². The van der Waals surface area contributed by atoms with Gasteiger partial charge in [-0.05, 0) is 55.6 Å². The summed E-state index contributed by atoms with van der Waals surface area (Å²) in [4.78, 5) is 0. The van der Waals surface area contributed by atoms with Crippen molar-refractivity contribution in [3.63, 3.8) is 0 Å². The van der Waals surface area contributed by atoms with Crippen LogP contribution in [-0.4, -0.2) is 11.0 Å². The second-order valence-electron chi connectivity index (χ2n) is 6.16. The minimum absolute atomic E-state index is 1.04. The highest BCUT2D eigenvalue weighted by molar-refractivity contribution is 7.99. The summed E-state index contributed by atoms with van der Waals surface area (Å²) in [6.07, 6.45) is 13.3. The fourth-order valence-electron chi connectivity index (χ4n) is 3.89. The average molecular weight is 254 g/mol. The molecule has 0 N–H and O–H groups in total. The molecule has 2 aliphatic rings. The van der Waals surface area contributed by atoms with E-state index in [4.69, 9.17) is 0 Å². The van der Waals surface area contributed by atoms with E-state index in [0.29, 0.717) is 0 Å². The number of unbranched alkanes of at least 4 members (excludes halogenated alkanes) is 3. The summed E-state index contributed by atoms with van der Waals surface area (Å²) in [6, 6.07) is 0. The van der Waals surface area contributed by atoms with E-state index < -0.39 is 0 Å². The predicted octanol–water partition coefficient (Wildman–Crippen LogP) is 5.51. The maximum Gasteiger partial charge on any atom is 0.00808 e. The van der Waals surface area contributed by atoms with Crippen molar-refractivity contribution in [2.45, 2.75) is 76.9 Å². The molecule has 0 aromatic rings. The van der Waals surface area contributed by atoms with E-state index in [0.717, 1.165) is 23.0 Å². The van der Waals surface area contributed by atoms with Crippen LogP contribution in [0.4, 0.5) is 0 Å². The fraction of sp³-hybridized carbons (Fsp3) is 1.00. The average Bonchev–Trinajstić information content (AvgIpc) is 2.52. The molecule has 0 heterocycles. The number of thioether (sulfide) groups is 1. The Bertz CT molecular complexity index is 214. The highest BCUT2D eigenvalue weighted by Crippen LogP contribution is 2.55. The van der Waals surface area contributed by atoms with Gasteiger partial charge in [-0.15, -0.1) is 0 Å². The SMILES string of the molecule is CCCCCCSC1CC2CCC2C1CCC. The molecule has 2 aliphatic carbocycles. The lowest BCUT2D eigenvalue weighted by Gasteiger charge is -2.34. The van der Waals surface area contributed by atoms with E-state index in [1.54, 1.807) is 19.3 Å². The Kier molecular flexibility index (Phi) is 5.72. The number of hydrogen-bond donors (Lipinski definition) is 0. The molecule has 0 aliphatic heterocycles. The standard InChI is InChI=1S/C16H30S/c1-3-5-6-7-11-17-16-12-13-9-10-14(13)15(16)8-4-2/h13-16H,3-12H2,1-2H3. The molecular weight excluding hydrogens is 224 g/mol. The first-order valence-electron chi connectivity index (χ1n) is 7.98. The summed E-state index contributed by atoms with van der Waals surface area (Å²) in [5, 5.41) is 1.04. The van der Waals surface area contributed by atoms with Crippen molar-refractivity contribution < 1.29 is 0 Å². The van der Waals surface area contributed by atoms with E-state index in [2.05, 4.69) is 25.6 Å². The molecule has 0 amide bonds. The van der Waals surface area contributed by atoms with Gasteiger partial charge in [-0.3, -0.25) is 0 Å². The minimum Gasteiger partial charge on any atom is -0.158 e. The third-order valence-electron chi connectivity index (χ3n) is 4.99. The molecule has 2 rings (SSSR count). The van der Waals surface area contributed by atoms with Crippen LogP contribution in [0.25, 0.3) is 0 Å². The summed E-state index contributed by atoms with van der Waals surface area (Å²) >= 11 is 2.33. The van der Waals surface area contributed by atoms with Gasteiger partial charge in [-0.25, -0.2) is 0 Å². The molecule has 0 saturated heterocycles. The van der Waals surface area contributed by atoms with Crippen LogP contribution >= 0.6 is 11.8 Å². The Morgan fingerprint density at radius 2 is 1.88 bits per heavy atom. The predicted molar refractivity (Wildman–Crippen MR) is 79.6 cm³/mol. The van der Waals surface area contributed by atoms with Crippen LogP contribution in [0.2, 0.25) is 0 Å². The maximum absolute atomic E-state index is 2.37. The van der Waals surface area contributed by atoms with Gasteiger partial charge >= 0.3 is 0 Å². The van der Waals surface area contributed by atoms with Crippen LogP contribution < -0.4 is 0 Å². The quantitative estimate of drug-likeness (QED) is 0.514. The Hall–Kier alpha value is 0.350. The first kappa shape index (κ1) is 13.8. The van der Waals surface area contributed by atoms with Crippen molar-refractivity contribution in [2.75, 3.05) is 5.75 Å². The summed E-state index contributed by atoms with van der Waals surface area (Å²) < 4.78 is 0. The molecule has 0 spiro atoms. The summed E-state index contributed by atoms with van der Waals surface area (Å²) in [7, 11) is 0. The van der Waals surface area contributed by atoms with E-state index >= 15 is 0 Å². The van der Waals surface area contributed by atoms with Crippen molar-refractivity contribution in [3.05, 3.63) is 0 Å². The van der Waals surface area contributed by atoms with Gasteiger partial charge < -0.3 is 0 Å². The second kappa shape index (κ2) is 7.07. The molecule has 0 radical (unpaired) electrons. The van der Waals surface area contributed by atoms with Crippen molar-refractivity contribution >= 4 is 11.8 Å². The van der Waals surface area contributed by atoms with E-state index in [-0.39, 0.29) is 0 Å². The van der Waals surface area contributed by atoms with Crippen LogP contribution in [0.15, 0.2) is 0 Å². The number of fused-ring (bicyclic) bond motifs is 1. The molecule has 0 nitrogen and oxygen atoms in total. The molecular formula is C16H30S. The molecule has 100 valence electrons. The molecule has 0 bridgehead atoms. The van der Waals surface area contributed by atoms with Gasteiger partial charge in [-0.2, -0.15) is 11.8 Å². The van der Waals surface area contributed by atoms with Crippen molar-refractivity contribution in [3.8, 4) is 0 Å². The van der Waals surface area contributed by atoms with Crippen LogP contribution in [0, 0.1) is 17.8 Å². The highest BCUT2D eigenvalue weighted by Gasteiger charge is 2.47. The van der Waals surface area contributed by atoms with E-state index in [9.17, 15) is 0 Å². The molecule has 2 saturated carbocycles. The van der Waals surface area contributed by atoms with Crippen LogP contribution in [0.3, 0.4) is 0 Å². The largest absolute Gasteiger partial charge is 0.158 e. The lowest BCUT2D eigenvalue weighted by atomic mass is 9.72. The fourth-order valence-corrected chi connectivity index (χ4v) is 5.53. The van der Waals surface area contributed by atoms with Gasteiger partial charge in [0.1, 0.15) is 0 Å². The maximum atomic E-state index is 2.37. The highest BCUT2D eigenvalue weighted by atomic mass is 32.2. The molecule has 17 heavy (non-hydrogen) atoms. The van der Waals surface area contributed by atoms with E-state index in [1.807, 2.05) is 0 Å². The Labute approximate surface area is 112 Å². The number of hydrogen-bond acceptors (Lipinski definition) is 1. The van der Waals surface area contributed by atoms with Crippen LogP contribution in [-0.2, 0) is 0 Å². The summed E-state index contributed by atoms with van der Waals surface area (Å²) in [6.45, 7) is 4.67. The van der Waals surface area contributed by atoms with Gasteiger partial charge in [0, 0.05) is 5.25 Å². The van der Waals surface area contributed by atoms with Crippen LogP contribution in [0.1, 0.15) is 71.6 Å². The van der Waals surface area contributed by atoms with Crippen LogP contribution in [0.5, 0.6) is 0 Å². The first-order chi connectivity index (χ1) is 8.36. The van der Waals surface area contributed by atoms with Gasteiger partial charge in [0.05, 0.1) is 0 Å².